The number of rotatable bonds is 7. The molecule has 0 bridgehead atoms. The highest BCUT2D eigenvalue weighted by Crippen LogP contribution is 2.34. The second-order valence-corrected chi connectivity index (χ2v) is 14.6. The molecule has 1 aliphatic rings. The normalized spacial score (nSPS) is 14.0. The van der Waals surface area contributed by atoms with Gasteiger partial charge in [0, 0.05) is 29.4 Å². The molecule has 1 saturated heterocycles. The van der Waals surface area contributed by atoms with E-state index in [4.69, 9.17) is 61.5 Å². The zero-order valence-corrected chi connectivity index (χ0v) is 27.5. The number of amides is 1. The summed E-state index contributed by atoms with van der Waals surface area (Å²) >= 11 is 19.4. The Hall–Kier alpha value is -2.73. The van der Waals surface area contributed by atoms with Gasteiger partial charge in [-0.15, -0.1) is 11.3 Å². The second-order valence-electron chi connectivity index (χ2n) is 9.36. The summed E-state index contributed by atoms with van der Waals surface area (Å²) in [5.41, 5.74) is 5.01. The number of piperidine rings is 1. The van der Waals surface area contributed by atoms with Gasteiger partial charge in [0.25, 0.3) is 5.91 Å². The summed E-state index contributed by atoms with van der Waals surface area (Å²) in [5.74, 6) is 0.239. The number of thiophene rings is 1. The summed E-state index contributed by atoms with van der Waals surface area (Å²) in [5, 5.41) is 2.75. The summed E-state index contributed by atoms with van der Waals surface area (Å²) in [6.07, 6.45) is 3.17. The van der Waals surface area contributed by atoms with Gasteiger partial charge in [-0.25, -0.2) is 9.99 Å². The van der Waals surface area contributed by atoms with Crippen LogP contribution >= 0.6 is 46.1 Å². The molecule has 3 heterocycles. The molecule has 5 rings (SSSR count). The van der Waals surface area contributed by atoms with Crippen molar-refractivity contribution in [3.63, 3.8) is 0 Å². The fourth-order valence-corrected chi connectivity index (χ4v) is 7.20. The van der Waals surface area contributed by atoms with E-state index in [0.717, 1.165) is 43.7 Å². The Labute approximate surface area is 272 Å². The molecule has 236 valence electrons. The highest BCUT2D eigenvalue weighted by atomic mass is 35.5. The number of benzene rings is 2. The SMILES string of the molecule is Cc1c(C(=O)NN2CCCCC2)nc(-c2ccc(Cl)cc2Cl)n1-c1ccc(OS(=O)(=O)c2ccc(Cl)s2)cc1.O=S(=O)(O)O. The van der Waals surface area contributed by atoms with Crippen molar-refractivity contribution in [2.45, 2.75) is 30.4 Å². The van der Waals surface area contributed by atoms with Crippen molar-refractivity contribution in [3.05, 3.63) is 80.4 Å². The molecule has 0 radical (unpaired) electrons. The quantitative estimate of drug-likeness (QED) is 0.149. The molecule has 3 N–H and O–H groups in total. The van der Waals surface area contributed by atoms with Crippen LogP contribution < -0.4 is 9.61 Å². The summed E-state index contributed by atoms with van der Waals surface area (Å²) in [4.78, 5) is 18.0. The van der Waals surface area contributed by atoms with Gasteiger partial charge >= 0.3 is 20.5 Å². The van der Waals surface area contributed by atoms with Crippen LogP contribution in [0.5, 0.6) is 5.75 Å². The molecule has 18 heteroatoms. The van der Waals surface area contributed by atoms with E-state index in [9.17, 15) is 13.2 Å². The van der Waals surface area contributed by atoms with Crippen molar-refractivity contribution in [2.24, 2.45) is 0 Å². The number of nitrogens with one attached hydrogen (secondary N) is 1. The van der Waals surface area contributed by atoms with Gasteiger partial charge in [-0.3, -0.25) is 23.9 Å². The van der Waals surface area contributed by atoms with Gasteiger partial charge < -0.3 is 4.18 Å². The molecule has 2 aromatic heterocycles. The molecule has 12 nitrogen and oxygen atoms in total. The summed E-state index contributed by atoms with van der Waals surface area (Å²) in [6.45, 7) is 3.35. The molecule has 1 aliphatic heterocycles. The predicted molar refractivity (Wildman–Crippen MR) is 168 cm³/mol. The van der Waals surface area contributed by atoms with Crippen molar-refractivity contribution in [2.75, 3.05) is 13.1 Å². The smallest absolute Gasteiger partial charge is 0.378 e. The predicted octanol–water partition coefficient (Wildman–Crippen LogP) is 6.12. The standard InChI is InChI=1S/C26H23Cl3N4O4S2.H2O4S/c1-16-24(26(34)31-32-13-3-2-4-14-32)30-25(20-10-5-17(27)15-21(20)28)33(16)18-6-8-19(9-7-18)37-39(35,36)23-12-11-22(29)38-23;1-5(2,3)4/h5-12,15H,2-4,13-14H2,1H3,(H,31,34);(H2,1,2,3,4). The van der Waals surface area contributed by atoms with Gasteiger partial charge in [-0.1, -0.05) is 41.2 Å². The molecule has 0 spiro atoms. The number of hydrogen-bond acceptors (Lipinski definition) is 9. The second kappa shape index (κ2) is 14.1. The molecule has 2 aromatic carbocycles. The minimum Gasteiger partial charge on any atom is -0.378 e. The maximum Gasteiger partial charge on any atom is 0.394 e. The van der Waals surface area contributed by atoms with Gasteiger partial charge in [0.1, 0.15) is 11.6 Å². The fourth-order valence-electron chi connectivity index (χ4n) is 4.34. The third-order valence-electron chi connectivity index (χ3n) is 6.21. The van der Waals surface area contributed by atoms with Crippen LogP contribution in [0.25, 0.3) is 17.1 Å². The van der Waals surface area contributed by atoms with Gasteiger partial charge in [0.2, 0.25) is 0 Å². The number of hydrogen-bond donors (Lipinski definition) is 3. The number of imidazole rings is 1. The van der Waals surface area contributed by atoms with Gasteiger partial charge in [0.05, 0.1) is 15.1 Å². The molecular weight excluding hydrogens is 699 g/mol. The topological polar surface area (TPSA) is 168 Å². The van der Waals surface area contributed by atoms with Crippen LogP contribution in [-0.2, 0) is 20.5 Å². The number of halogens is 3. The van der Waals surface area contributed by atoms with Crippen LogP contribution in [0.3, 0.4) is 0 Å². The molecule has 0 atom stereocenters. The first-order valence-electron chi connectivity index (χ1n) is 12.7. The number of aromatic nitrogens is 2. The van der Waals surface area contributed by atoms with Crippen LogP contribution in [-0.4, -0.2) is 59.5 Å². The maximum atomic E-state index is 13.3. The molecule has 0 aliphatic carbocycles. The number of carbonyl (C=O) groups excluding carboxylic acids is 1. The number of carbonyl (C=O) groups is 1. The maximum absolute atomic E-state index is 13.3. The Morgan fingerprint density at radius 2 is 1.59 bits per heavy atom. The van der Waals surface area contributed by atoms with Gasteiger partial charge in [0.15, 0.2) is 9.90 Å². The summed E-state index contributed by atoms with van der Waals surface area (Å²) in [6, 6.07) is 14.4. The van der Waals surface area contributed by atoms with E-state index in [1.807, 2.05) is 5.01 Å². The highest BCUT2D eigenvalue weighted by Gasteiger charge is 2.25. The molecule has 0 saturated carbocycles. The molecule has 4 aromatic rings. The first kappa shape index (κ1) is 34.1. The molecule has 1 fully saturated rings. The lowest BCUT2D eigenvalue weighted by Gasteiger charge is -2.26. The van der Waals surface area contributed by atoms with Gasteiger partial charge in [-0.2, -0.15) is 16.8 Å². The average molecular weight is 724 g/mol. The molecule has 0 unspecified atom stereocenters. The van der Waals surface area contributed by atoms with E-state index in [1.54, 1.807) is 41.8 Å². The lowest BCUT2D eigenvalue weighted by Crippen LogP contribution is -2.45. The average Bonchev–Trinajstić information content (AvgIpc) is 3.52. The van der Waals surface area contributed by atoms with Crippen molar-refractivity contribution >= 4 is 72.6 Å². The highest BCUT2D eigenvalue weighted by molar-refractivity contribution is 7.89. The van der Waals surface area contributed by atoms with Crippen LogP contribution in [0, 0.1) is 6.92 Å². The van der Waals surface area contributed by atoms with Crippen LogP contribution in [0.4, 0.5) is 0 Å². The third-order valence-corrected chi connectivity index (χ3v) is 9.68. The Bertz CT molecular complexity index is 1860. The number of nitrogens with zero attached hydrogens (tertiary/aromatic N) is 3. The van der Waals surface area contributed by atoms with Crippen LogP contribution in [0.1, 0.15) is 35.4 Å². The third kappa shape index (κ3) is 8.93. The van der Waals surface area contributed by atoms with Crippen LogP contribution in [0.2, 0.25) is 14.4 Å². The van der Waals surface area contributed by atoms with E-state index in [0.29, 0.717) is 37.2 Å². The zero-order chi connectivity index (χ0) is 32.2. The summed E-state index contributed by atoms with van der Waals surface area (Å²) < 4.78 is 64.2. The van der Waals surface area contributed by atoms with Crippen molar-refractivity contribution in [1.29, 1.82) is 0 Å². The lowest BCUT2D eigenvalue weighted by molar-refractivity contribution is 0.0744. The van der Waals surface area contributed by atoms with Gasteiger partial charge in [-0.05, 0) is 74.4 Å². The molecular formula is C26H25Cl3N4O8S3. The first-order chi connectivity index (χ1) is 20.6. The Balaban J connectivity index is 0.000000818. The molecule has 1 amide bonds. The first-order valence-corrected chi connectivity index (χ1v) is 17.5. The number of hydrazine groups is 1. The lowest BCUT2D eigenvalue weighted by atomic mass is 10.2. The largest absolute Gasteiger partial charge is 0.394 e. The van der Waals surface area contributed by atoms with E-state index in [2.05, 4.69) is 5.43 Å². The van der Waals surface area contributed by atoms with Crippen molar-refractivity contribution < 1.29 is 34.9 Å². The van der Waals surface area contributed by atoms with E-state index in [-0.39, 0.29) is 21.6 Å². The zero-order valence-electron chi connectivity index (χ0n) is 22.8. The minimum absolute atomic E-state index is 0.00561. The Morgan fingerprint density at radius 3 is 2.16 bits per heavy atom. The monoisotopic (exact) mass is 722 g/mol. The van der Waals surface area contributed by atoms with Crippen molar-refractivity contribution in [1.82, 2.24) is 20.0 Å². The van der Waals surface area contributed by atoms with E-state index in [1.165, 1.54) is 24.3 Å². The Morgan fingerprint density at radius 1 is 0.955 bits per heavy atom. The van der Waals surface area contributed by atoms with Crippen LogP contribution in [0.15, 0.2) is 58.8 Å². The summed E-state index contributed by atoms with van der Waals surface area (Å²) in [7, 11) is -8.70. The fraction of sp³-hybridized carbons (Fsp3) is 0.231. The Kier molecular flexibility index (Phi) is 11.0. The molecule has 44 heavy (non-hydrogen) atoms. The van der Waals surface area contributed by atoms with E-state index >= 15 is 0 Å². The van der Waals surface area contributed by atoms with Crippen molar-refractivity contribution in [3.8, 4) is 22.8 Å². The minimum atomic E-state index is -4.67. The van der Waals surface area contributed by atoms with E-state index < -0.39 is 20.5 Å².